The highest BCUT2D eigenvalue weighted by Gasteiger charge is 2.20. The Kier molecular flexibility index (Phi) is 4.78. The maximum Gasteiger partial charge on any atom is 0.227 e. The minimum absolute atomic E-state index is 0.205. The van der Waals surface area contributed by atoms with Gasteiger partial charge in [0.25, 0.3) is 0 Å². The highest BCUT2D eigenvalue weighted by molar-refractivity contribution is 7.09. The van der Waals surface area contributed by atoms with Crippen molar-refractivity contribution in [1.82, 2.24) is 10.3 Å². The summed E-state index contributed by atoms with van der Waals surface area (Å²) in [6.45, 7) is 6.01. The van der Waals surface area contributed by atoms with Crippen molar-refractivity contribution >= 4 is 22.9 Å². The van der Waals surface area contributed by atoms with Crippen LogP contribution < -0.4 is 10.2 Å². The molecule has 5 heteroatoms. The number of nitrogens with one attached hydrogen (secondary N) is 1. The summed E-state index contributed by atoms with van der Waals surface area (Å²) in [5.74, 6) is 0.631. The van der Waals surface area contributed by atoms with E-state index in [1.165, 1.54) is 16.1 Å². The first-order valence-corrected chi connectivity index (χ1v) is 8.93. The number of carbonyl (C=O) groups is 1. The molecule has 0 fully saturated rings. The van der Waals surface area contributed by atoms with E-state index in [-0.39, 0.29) is 5.91 Å². The number of benzene rings is 1. The van der Waals surface area contributed by atoms with Gasteiger partial charge in [-0.3, -0.25) is 4.79 Å². The van der Waals surface area contributed by atoms with Crippen molar-refractivity contribution in [2.24, 2.45) is 0 Å². The number of rotatable bonds is 5. The maximum atomic E-state index is 11.7. The van der Waals surface area contributed by atoms with Crippen molar-refractivity contribution in [2.45, 2.75) is 39.2 Å². The minimum Gasteiger partial charge on any atom is -0.315 e. The van der Waals surface area contributed by atoms with E-state index in [9.17, 15) is 4.79 Å². The molecule has 0 saturated carbocycles. The van der Waals surface area contributed by atoms with Gasteiger partial charge < -0.3 is 10.2 Å². The van der Waals surface area contributed by atoms with Gasteiger partial charge in [0.05, 0.1) is 5.01 Å². The second-order valence-electron chi connectivity index (χ2n) is 6.27. The van der Waals surface area contributed by atoms with Gasteiger partial charge in [-0.15, -0.1) is 11.3 Å². The third-order valence-electron chi connectivity index (χ3n) is 4.33. The Hall–Kier alpha value is -1.72. The molecule has 3 rings (SSSR count). The Labute approximate surface area is 141 Å². The molecule has 0 aliphatic carbocycles. The smallest absolute Gasteiger partial charge is 0.227 e. The van der Waals surface area contributed by atoms with E-state index in [0.29, 0.717) is 12.3 Å². The number of nitrogens with zero attached hydrogens (tertiary/aromatic N) is 2. The summed E-state index contributed by atoms with van der Waals surface area (Å²) in [7, 11) is 1.86. The number of carbonyl (C=O) groups excluding carboxylic acids is 1. The zero-order chi connectivity index (χ0) is 16.4. The standard InChI is InChI=1S/C18H23N3OS/c1-12(18-20-13(2)11-23-18)9-19-10-14-4-6-16-15(8-14)5-7-17(22)21(16)3/h4,6,8,11-12,19H,5,7,9-10H2,1-3H3. The average molecular weight is 329 g/mol. The Morgan fingerprint density at radius 1 is 1.39 bits per heavy atom. The van der Waals surface area contributed by atoms with E-state index in [4.69, 9.17) is 0 Å². The summed E-state index contributed by atoms with van der Waals surface area (Å²) in [5, 5.41) is 6.82. The van der Waals surface area contributed by atoms with Crippen molar-refractivity contribution in [1.29, 1.82) is 0 Å². The van der Waals surface area contributed by atoms with Crippen LogP contribution in [0.3, 0.4) is 0 Å². The highest BCUT2D eigenvalue weighted by Crippen LogP contribution is 2.27. The van der Waals surface area contributed by atoms with Gasteiger partial charge in [-0.25, -0.2) is 4.98 Å². The number of aromatic nitrogens is 1. The van der Waals surface area contributed by atoms with Crippen LogP contribution in [0.4, 0.5) is 5.69 Å². The molecule has 1 aliphatic heterocycles. The molecule has 0 spiro atoms. The molecule has 0 bridgehead atoms. The number of amides is 1. The summed E-state index contributed by atoms with van der Waals surface area (Å²) < 4.78 is 0. The van der Waals surface area contributed by atoms with Crippen LogP contribution in [-0.2, 0) is 17.8 Å². The van der Waals surface area contributed by atoms with Crippen LogP contribution in [0.5, 0.6) is 0 Å². The van der Waals surface area contributed by atoms with E-state index in [1.807, 2.05) is 14.0 Å². The molecule has 1 aliphatic rings. The molecule has 1 N–H and O–H groups in total. The first-order chi connectivity index (χ1) is 11.0. The second kappa shape index (κ2) is 6.81. The number of hydrogen-bond donors (Lipinski definition) is 1. The van der Waals surface area contributed by atoms with Gasteiger partial charge in [0.2, 0.25) is 5.91 Å². The van der Waals surface area contributed by atoms with Crippen molar-refractivity contribution < 1.29 is 4.79 Å². The Bertz CT molecular complexity index is 710. The first kappa shape index (κ1) is 16.1. The van der Waals surface area contributed by atoms with Crippen LogP contribution in [-0.4, -0.2) is 24.5 Å². The zero-order valence-electron chi connectivity index (χ0n) is 13.9. The van der Waals surface area contributed by atoms with Gasteiger partial charge in [-0.05, 0) is 30.5 Å². The summed E-state index contributed by atoms with van der Waals surface area (Å²) in [6, 6.07) is 6.40. The fourth-order valence-electron chi connectivity index (χ4n) is 2.94. The predicted octanol–water partition coefficient (Wildman–Crippen LogP) is 3.25. The molecule has 2 heterocycles. The average Bonchev–Trinajstić information content (AvgIpc) is 2.97. The third-order valence-corrected chi connectivity index (χ3v) is 5.52. The lowest BCUT2D eigenvalue weighted by molar-refractivity contribution is -0.118. The van der Waals surface area contributed by atoms with Crippen LogP contribution in [0.2, 0.25) is 0 Å². The molecule has 1 unspecified atom stereocenters. The fraction of sp³-hybridized carbons (Fsp3) is 0.444. The van der Waals surface area contributed by atoms with Crippen molar-refractivity contribution in [2.75, 3.05) is 18.5 Å². The van der Waals surface area contributed by atoms with E-state index in [2.05, 4.69) is 40.8 Å². The van der Waals surface area contributed by atoms with Crippen LogP contribution >= 0.6 is 11.3 Å². The summed E-state index contributed by atoms with van der Waals surface area (Å²) in [6.07, 6.45) is 1.46. The summed E-state index contributed by atoms with van der Waals surface area (Å²) in [4.78, 5) is 18.1. The number of aryl methyl sites for hydroxylation is 2. The monoisotopic (exact) mass is 329 g/mol. The number of hydrogen-bond acceptors (Lipinski definition) is 4. The molecule has 1 aromatic heterocycles. The fourth-order valence-corrected chi connectivity index (χ4v) is 3.80. The van der Waals surface area contributed by atoms with Crippen molar-refractivity contribution in [3.8, 4) is 0 Å². The lowest BCUT2D eigenvalue weighted by atomic mass is 9.99. The van der Waals surface area contributed by atoms with E-state index in [1.54, 1.807) is 16.2 Å². The summed E-state index contributed by atoms with van der Waals surface area (Å²) in [5.41, 5.74) is 4.70. The first-order valence-electron chi connectivity index (χ1n) is 8.05. The van der Waals surface area contributed by atoms with Gasteiger partial charge in [-0.2, -0.15) is 0 Å². The van der Waals surface area contributed by atoms with Gasteiger partial charge in [0, 0.05) is 49.2 Å². The molecule has 0 saturated heterocycles. The Balaban J connectivity index is 1.58. The highest BCUT2D eigenvalue weighted by atomic mass is 32.1. The van der Waals surface area contributed by atoms with E-state index >= 15 is 0 Å². The maximum absolute atomic E-state index is 11.7. The van der Waals surface area contributed by atoms with E-state index in [0.717, 1.165) is 30.9 Å². The van der Waals surface area contributed by atoms with Gasteiger partial charge >= 0.3 is 0 Å². The van der Waals surface area contributed by atoms with Crippen LogP contribution in [0.25, 0.3) is 0 Å². The summed E-state index contributed by atoms with van der Waals surface area (Å²) >= 11 is 1.73. The van der Waals surface area contributed by atoms with Crippen molar-refractivity contribution in [3.63, 3.8) is 0 Å². The second-order valence-corrected chi connectivity index (χ2v) is 7.16. The molecular weight excluding hydrogens is 306 g/mol. The van der Waals surface area contributed by atoms with Gasteiger partial charge in [-0.1, -0.05) is 19.1 Å². The minimum atomic E-state index is 0.205. The van der Waals surface area contributed by atoms with Gasteiger partial charge in [0.1, 0.15) is 0 Å². The molecule has 1 amide bonds. The van der Waals surface area contributed by atoms with E-state index < -0.39 is 0 Å². The predicted molar refractivity (Wildman–Crippen MR) is 95.1 cm³/mol. The van der Waals surface area contributed by atoms with Crippen molar-refractivity contribution in [3.05, 3.63) is 45.4 Å². The number of fused-ring (bicyclic) bond motifs is 1. The normalized spacial score (nSPS) is 15.6. The Morgan fingerprint density at radius 2 is 2.22 bits per heavy atom. The molecular formula is C18H23N3OS. The largest absolute Gasteiger partial charge is 0.315 e. The van der Waals surface area contributed by atoms with Crippen LogP contribution in [0, 0.1) is 6.92 Å². The third kappa shape index (κ3) is 3.62. The molecule has 1 atom stereocenters. The molecule has 4 nitrogen and oxygen atoms in total. The molecule has 23 heavy (non-hydrogen) atoms. The quantitative estimate of drug-likeness (QED) is 0.916. The topological polar surface area (TPSA) is 45.2 Å². The Morgan fingerprint density at radius 3 is 2.96 bits per heavy atom. The molecule has 122 valence electrons. The zero-order valence-corrected chi connectivity index (χ0v) is 14.7. The number of thiazole rings is 1. The molecule has 2 aromatic rings. The molecule has 0 radical (unpaired) electrons. The molecule has 1 aromatic carbocycles. The van der Waals surface area contributed by atoms with Gasteiger partial charge in [0.15, 0.2) is 0 Å². The SMILES string of the molecule is Cc1csc(C(C)CNCc2ccc3c(c2)CCC(=O)N3C)n1. The lowest BCUT2D eigenvalue weighted by Gasteiger charge is -2.26. The van der Waals surface area contributed by atoms with Crippen LogP contribution in [0.15, 0.2) is 23.6 Å². The van der Waals surface area contributed by atoms with Crippen LogP contribution in [0.1, 0.15) is 41.1 Å². The number of anilines is 1. The lowest BCUT2D eigenvalue weighted by Crippen LogP contribution is -2.31.